The molecule has 4 heteroatoms. The lowest BCUT2D eigenvalue weighted by Gasteiger charge is -1.90. The number of aromatic nitrogens is 3. The monoisotopic (exact) mass is 215 g/mol. The molecular weight excluding hydrogens is 202 g/mol. The lowest BCUT2D eigenvalue weighted by molar-refractivity contribution is 0.104. The molecule has 0 aliphatic carbocycles. The molecule has 0 aromatic carbocycles. The van der Waals surface area contributed by atoms with Gasteiger partial charge in [0.05, 0.1) is 11.3 Å². The standard InChI is InChI=1S/C12H13N3O/c1-9-11(8-15(2)14-9)12(16)6-5-10-4-3-7-13-10/h3-8,13H,1-2H3/b6-5+. The van der Waals surface area contributed by atoms with Crippen LogP contribution < -0.4 is 0 Å². The van der Waals surface area contributed by atoms with Crippen molar-refractivity contribution in [1.82, 2.24) is 14.8 Å². The molecule has 2 heterocycles. The first-order valence-electron chi connectivity index (χ1n) is 5.03. The Bertz CT molecular complexity index is 520. The lowest BCUT2D eigenvalue weighted by atomic mass is 10.1. The van der Waals surface area contributed by atoms with Crippen molar-refractivity contribution in [2.75, 3.05) is 0 Å². The molecule has 0 saturated heterocycles. The highest BCUT2D eigenvalue weighted by Gasteiger charge is 2.08. The molecule has 1 N–H and O–H groups in total. The number of carbonyl (C=O) groups excluding carboxylic acids is 1. The number of aromatic amines is 1. The van der Waals surface area contributed by atoms with Gasteiger partial charge in [0.2, 0.25) is 0 Å². The zero-order chi connectivity index (χ0) is 11.5. The predicted molar refractivity (Wildman–Crippen MR) is 62.1 cm³/mol. The number of aryl methyl sites for hydroxylation is 2. The molecule has 2 aromatic rings. The van der Waals surface area contributed by atoms with Crippen molar-refractivity contribution in [2.24, 2.45) is 7.05 Å². The summed E-state index contributed by atoms with van der Waals surface area (Å²) in [6.45, 7) is 1.83. The molecule has 0 aliphatic heterocycles. The highest BCUT2D eigenvalue weighted by molar-refractivity contribution is 6.07. The number of carbonyl (C=O) groups is 1. The molecule has 0 fully saturated rings. The third-order valence-corrected chi connectivity index (χ3v) is 2.32. The number of hydrogen-bond acceptors (Lipinski definition) is 2. The summed E-state index contributed by atoms with van der Waals surface area (Å²) in [4.78, 5) is 14.8. The zero-order valence-electron chi connectivity index (χ0n) is 9.27. The van der Waals surface area contributed by atoms with Crippen LogP contribution in [-0.2, 0) is 7.05 Å². The van der Waals surface area contributed by atoms with Crippen molar-refractivity contribution in [3.63, 3.8) is 0 Å². The third kappa shape index (κ3) is 2.11. The van der Waals surface area contributed by atoms with Crippen LogP contribution in [0.2, 0.25) is 0 Å². The predicted octanol–water partition coefficient (Wildman–Crippen LogP) is 1.95. The Hall–Kier alpha value is -2.10. The van der Waals surface area contributed by atoms with Gasteiger partial charge in [0, 0.05) is 25.1 Å². The second-order valence-corrected chi connectivity index (χ2v) is 3.62. The fourth-order valence-electron chi connectivity index (χ4n) is 1.54. The molecule has 0 aliphatic rings. The Morgan fingerprint density at radius 1 is 1.56 bits per heavy atom. The largest absolute Gasteiger partial charge is 0.362 e. The van der Waals surface area contributed by atoms with E-state index in [0.717, 1.165) is 11.4 Å². The van der Waals surface area contributed by atoms with Crippen LogP contribution in [0.3, 0.4) is 0 Å². The van der Waals surface area contributed by atoms with Gasteiger partial charge in [-0.2, -0.15) is 5.10 Å². The summed E-state index contributed by atoms with van der Waals surface area (Å²) in [6.07, 6.45) is 6.86. The summed E-state index contributed by atoms with van der Waals surface area (Å²) in [7, 11) is 1.80. The molecule has 2 aromatic heterocycles. The Morgan fingerprint density at radius 2 is 2.38 bits per heavy atom. The lowest BCUT2D eigenvalue weighted by Crippen LogP contribution is -1.94. The molecule has 0 bridgehead atoms. The van der Waals surface area contributed by atoms with Crippen LogP contribution in [0.5, 0.6) is 0 Å². The molecule has 0 amide bonds. The summed E-state index contributed by atoms with van der Waals surface area (Å²) in [6, 6.07) is 3.79. The van der Waals surface area contributed by atoms with Crippen molar-refractivity contribution in [1.29, 1.82) is 0 Å². The van der Waals surface area contributed by atoms with Crippen molar-refractivity contribution < 1.29 is 4.79 Å². The van der Waals surface area contributed by atoms with Gasteiger partial charge < -0.3 is 4.98 Å². The highest BCUT2D eigenvalue weighted by Crippen LogP contribution is 2.07. The maximum Gasteiger partial charge on any atom is 0.189 e. The van der Waals surface area contributed by atoms with Crippen LogP contribution in [0.4, 0.5) is 0 Å². The van der Waals surface area contributed by atoms with Gasteiger partial charge in [-0.1, -0.05) is 0 Å². The second kappa shape index (κ2) is 4.18. The Morgan fingerprint density at radius 3 is 2.94 bits per heavy atom. The molecular formula is C12H13N3O. The number of nitrogens with one attached hydrogen (secondary N) is 1. The number of nitrogens with zero attached hydrogens (tertiary/aromatic N) is 2. The Labute approximate surface area is 93.6 Å². The number of ketones is 1. The quantitative estimate of drug-likeness (QED) is 0.628. The molecule has 0 radical (unpaired) electrons. The van der Waals surface area contributed by atoms with Crippen LogP contribution >= 0.6 is 0 Å². The molecule has 0 atom stereocenters. The van der Waals surface area contributed by atoms with Crippen LogP contribution in [0.15, 0.2) is 30.6 Å². The fourth-order valence-corrected chi connectivity index (χ4v) is 1.54. The number of rotatable bonds is 3. The number of hydrogen-bond donors (Lipinski definition) is 1. The molecule has 82 valence electrons. The molecule has 4 nitrogen and oxygen atoms in total. The summed E-state index contributed by atoms with van der Waals surface area (Å²) >= 11 is 0. The average Bonchev–Trinajstić information content (AvgIpc) is 2.84. The van der Waals surface area contributed by atoms with Crippen LogP contribution in [0.1, 0.15) is 21.7 Å². The number of allylic oxidation sites excluding steroid dienone is 1. The van der Waals surface area contributed by atoms with Crippen LogP contribution in [0.25, 0.3) is 6.08 Å². The molecule has 0 spiro atoms. The van der Waals surface area contributed by atoms with E-state index in [-0.39, 0.29) is 5.78 Å². The van der Waals surface area contributed by atoms with Gasteiger partial charge >= 0.3 is 0 Å². The average molecular weight is 215 g/mol. The SMILES string of the molecule is Cc1nn(C)cc1C(=O)/C=C/c1ccc[nH]1. The van der Waals surface area contributed by atoms with E-state index in [1.807, 2.05) is 25.3 Å². The first-order chi connectivity index (χ1) is 7.66. The van der Waals surface area contributed by atoms with Crippen molar-refractivity contribution in [3.05, 3.63) is 47.6 Å². The van der Waals surface area contributed by atoms with Gasteiger partial charge in [0.15, 0.2) is 5.78 Å². The van der Waals surface area contributed by atoms with E-state index in [9.17, 15) is 4.79 Å². The van der Waals surface area contributed by atoms with Crippen molar-refractivity contribution in [3.8, 4) is 0 Å². The van der Waals surface area contributed by atoms with Gasteiger partial charge in [-0.15, -0.1) is 0 Å². The highest BCUT2D eigenvalue weighted by atomic mass is 16.1. The first kappa shape index (κ1) is 10.4. The van der Waals surface area contributed by atoms with Gasteiger partial charge in [0.25, 0.3) is 0 Å². The van der Waals surface area contributed by atoms with Crippen LogP contribution in [0, 0.1) is 6.92 Å². The normalized spacial score (nSPS) is 11.1. The summed E-state index contributed by atoms with van der Waals surface area (Å²) in [5, 5.41) is 4.13. The minimum Gasteiger partial charge on any atom is -0.362 e. The van der Waals surface area contributed by atoms with Gasteiger partial charge in [-0.25, -0.2) is 0 Å². The summed E-state index contributed by atoms with van der Waals surface area (Å²) < 4.78 is 1.64. The van der Waals surface area contributed by atoms with Gasteiger partial charge in [0.1, 0.15) is 0 Å². The zero-order valence-corrected chi connectivity index (χ0v) is 9.27. The van der Waals surface area contributed by atoms with E-state index in [0.29, 0.717) is 5.56 Å². The first-order valence-corrected chi connectivity index (χ1v) is 5.03. The van der Waals surface area contributed by atoms with Crippen molar-refractivity contribution >= 4 is 11.9 Å². The van der Waals surface area contributed by atoms with Gasteiger partial charge in [-0.3, -0.25) is 9.48 Å². The number of H-pyrrole nitrogens is 1. The van der Waals surface area contributed by atoms with Gasteiger partial charge in [-0.05, 0) is 31.2 Å². The van der Waals surface area contributed by atoms with E-state index < -0.39 is 0 Å². The minimum atomic E-state index is -0.0276. The topological polar surface area (TPSA) is 50.7 Å². The van der Waals surface area contributed by atoms with E-state index >= 15 is 0 Å². The van der Waals surface area contributed by atoms with Crippen LogP contribution in [-0.4, -0.2) is 20.5 Å². The molecule has 0 saturated carbocycles. The molecule has 16 heavy (non-hydrogen) atoms. The Balaban J connectivity index is 2.17. The Kier molecular flexibility index (Phi) is 2.72. The molecule has 2 rings (SSSR count). The minimum absolute atomic E-state index is 0.0276. The van der Waals surface area contributed by atoms with Crippen molar-refractivity contribution in [2.45, 2.75) is 6.92 Å². The van der Waals surface area contributed by atoms with E-state index in [1.165, 1.54) is 0 Å². The third-order valence-electron chi connectivity index (χ3n) is 2.32. The fraction of sp³-hybridized carbons (Fsp3) is 0.167. The summed E-state index contributed by atoms with van der Waals surface area (Å²) in [5.74, 6) is -0.0276. The maximum atomic E-state index is 11.8. The summed E-state index contributed by atoms with van der Waals surface area (Å²) in [5.41, 5.74) is 2.31. The van der Waals surface area contributed by atoms with E-state index in [2.05, 4.69) is 10.1 Å². The van der Waals surface area contributed by atoms with E-state index in [1.54, 1.807) is 30.1 Å². The van der Waals surface area contributed by atoms with E-state index in [4.69, 9.17) is 0 Å². The molecule has 0 unspecified atom stereocenters. The smallest absolute Gasteiger partial charge is 0.189 e. The second-order valence-electron chi connectivity index (χ2n) is 3.62. The maximum absolute atomic E-state index is 11.8.